The molecule has 18 heteroatoms. The molecule has 0 saturated carbocycles. The van der Waals surface area contributed by atoms with Crippen LogP contribution in [0.4, 0.5) is 0 Å². The second kappa shape index (κ2) is 41.6. The van der Waals surface area contributed by atoms with Crippen molar-refractivity contribution < 1.29 is 36.5 Å². The second-order valence-electron chi connectivity index (χ2n) is 37.0. The number of pyridine rings is 6. The van der Waals surface area contributed by atoms with Gasteiger partial charge in [0.15, 0.2) is 71.3 Å². The van der Waals surface area contributed by atoms with E-state index in [1.165, 1.54) is 264 Å². The standard InChI is InChI=1S/4C17H18N.C14H16NS2.C13H15N2S2.C13H14NS2.C12H13N2S2/c1-4-15-10-17-14(11-18(15)3)7-6-13-9-12(2)5-8-16(13)17;1-4-17-16-8-6-13-11-12(2)5-7-14(13)15(16)9-10-18(17)3;1-4-15-10-17-14(11-18(15)3)8-7-13-6-5-12(2)9-16(13)17;1-4-17-16-9-8-13-12(2)6-5-7-14(13)15(16)10-11-18(17)3;1-5-11-13-10(6-7-15(11)4)14-12(17-13)8(2)9(3)16-14;1-5-9-12-10(14-6-15(9)4)13-11(17-12)7(2)8(3)16-13;1-4-10-12-9(5-6-14(10)3)13-11(16-12)8(2)7-15-13;1-4-8-11-9(13-6-14(8)3)12-10(16-11)7(2)5-15-12/h4*5-11H,4H2,1-3H3;6-7H,5H2,1-4H3;6H,5H2,1-4H3;5-7H,4H2,1-3H3;5-6H,4H2,1-3H3/q8*+1. The molecule has 0 saturated heterocycles. The number of aryl methyl sites for hydroxylation is 26. The molecule has 0 atom stereocenters. The largest absolute Gasteiger partial charge is 0.286 e. The van der Waals surface area contributed by atoms with E-state index in [1.54, 1.807) is 0 Å². The van der Waals surface area contributed by atoms with Crippen molar-refractivity contribution in [3.63, 3.8) is 0 Å². The molecular formula is C120H130N10S8+8. The summed E-state index contributed by atoms with van der Waals surface area (Å²) in [5.74, 6) is 0. The Bertz CT molecular complexity index is 8530. The Morgan fingerprint density at radius 3 is 1.12 bits per heavy atom. The molecule has 0 bridgehead atoms. The van der Waals surface area contributed by atoms with Crippen LogP contribution in [0.5, 0.6) is 0 Å². The topological polar surface area (TPSA) is 56.8 Å². The van der Waals surface area contributed by atoms with Crippen LogP contribution in [0.25, 0.3) is 164 Å². The number of hydrogen-bond acceptors (Lipinski definition) is 10. The van der Waals surface area contributed by atoms with Gasteiger partial charge in [0.25, 0.3) is 12.7 Å². The molecule has 10 nitrogen and oxygen atoms in total. The van der Waals surface area contributed by atoms with Crippen molar-refractivity contribution in [1.82, 2.24) is 9.97 Å². The van der Waals surface area contributed by atoms with Crippen LogP contribution in [0, 0.1) is 69.2 Å². The summed E-state index contributed by atoms with van der Waals surface area (Å²) in [7, 11) is 16.9. The molecule has 0 amide bonds. The third-order valence-corrected chi connectivity index (χ3v) is 38.6. The number of benzene rings is 8. The van der Waals surface area contributed by atoms with E-state index < -0.39 is 0 Å². The fourth-order valence-electron chi connectivity index (χ4n) is 19.9. The van der Waals surface area contributed by atoms with Crippen LogP contribution in [0.15, 0.2) is 218 Å². The zero-order chi connectivity index (χ0) is 97.7. The summed E-state index contributed by atoms with van der Waals surface area (Å²) in [6.07, 6.45) is 25.6. The predicted molar refractivity (Wildman–Crippen MR) is 602 cm³/mol. The van der Waals surface area contributed by atoms with Crippen LogP contribution in [-0.2, 0) is 108 Å². The zero-order valence-electron chi connectivity index (χ0n) is 85.2. The zero-order valence-corrected chi connectivity index (χ0v) is 91.7. The lowest BCUT2D eigenvalue weighted by molar-refractivity contribution is -0.680. The maximum atomic E-state index is 4.62. The summed E-state index contributed by atoms with van der Waals surface area (Å²) < 4.78 is 34.8. The second-order valence-corrected chi connectivity index (χ2v) is 45.3. The number of hydrogen-bond donors (Lipinski definition) is 0. The van der Waals surface area contributed by atoms with E-state index in [2.05, 4.69) is 433 Å². The first kappa shape index (κ1) is 98.2. The van der Waals surface area contributed by atoms with Gasteiger partial charge in [-0.2, -0.15) is 0 Å². The molecule has 0 fully saturated rings. The molecule has 700 valence electrons. The SMILES string of the molecule is CCc1c2ccc3c(C)cccc3c2cc[n+]1C.CCc1c2ccc3cc(C)ccc3c2cc[n+]1C.CCc1c2sc3c(C)c(C)sc3c2cc[n+]1C.CCc1c2sc3c(C)c(C)sc3c2nc[n+]1C.CCc1c2sc3c(C)csc3c2cc[n+]1C.CCc1c2sc3c(C)csc3c2nc[n+]1C.CCc1cc2c(ccc3cc(C)ccc32)c[n+]1C.CCc1cc2c(ccc3ccc(C)cc32)c[n+]1C. The van der Waals surface area contributed by atoms with Crippen LogP contribution < -0.4 is 36.5 Å². The minimum Gasteiger partial charge on any atom is -0.236 e. The maximum absolute atomic E-state index is 4.62. The molecule has 24 aromatic rings. The third kappa shape index (κ3) is 18.9. The summed E-state index contributed by atoms with van der Waals surface area (Å²) in [6, 6.07) is 58.1. The average Bonchev–Trinajstić information content (AvgIpc) is 1.57. The van der Waals surface area contributed by atoms with Gasteiger partial charge in [0.1, 0.15) is 72.5 Å². The summed E-state index contributed by atoms with van der Waals surface area (Å²) >= 11 is 15.2. The van der Waals surface area contributed by atoms with Crippen LogP contribution in [0.3, 0.4) is 0 Å². The van der Waals surface area contributed by atoms with Gasteiger partial charge >= 0.3 is 0 Å². The first-order valence-corrected chi connectivity index (χ1v) is 55.3. The van der Waals surface area contributed by atoms with E-state index >= 15 is 0 Å². The Kier molecular flexibility index (Phi) is 29.6. The van der Waals surface area contributed by atoms with Gasteiger partial charge in [-0.05, 0) is 185 Å². The lowest BCUT2D eigenvalue weighted by atomic mass is 9.98. The van der Waals surface area contributed by atoms with Gasteiger partial charge in [-0.25, -0.2) is 36.5 Å². The maximum Gasteiger partial charge on any atom is 0.286 e. The third-order valence-electron chi connectivity index (χ3n) is 27.9. The van der Waals surface area contributed by atoms with E-state index in [0.717, 1.165) is 51.4 Å². The fourth-order valence-corrected chi connectivity index (χ4v) is 30.9. The lowest BCUT2D eigenvalue weighted by Crippen LogP contribution is -2.33. The molecule has 0 N–H and O–H groups in total. The Labute approximate surface area is 844 Å². The van der Waals surface area contributed by atoms with Gasteiger partial charge in [-0.1, -0.05) is 169 Å². The molecule has 0 unspecified atom stereocenters. The number of fused-ring (bicyclic) bond motifs is 24. The number of nitrogens with zero attached hydrogens (tertiary/aromatic N) is 10. The van der Waals surface area contributed by atoms with Gasteiger partial charge in [0, 0.05) is 161 Å². The number of aromatic nitrogens is 10. The molecular weight excluding hydrogens is 1840 g/mol. The normalized spacial score (nSPS) is 11.5. The Hall–Kier alpha value is -11.4. The van der Waals surface area contributed by atoms with E-state index in [-0.39, 0.29) is 0 Å². The predicted octanol–water partition coefficient (Wildman–Crippen LogP) is 29.4. The van der Waals surface area contributed by atoms with Crippen LogP contribution in [0.1, 0.15) is 155 Å². The van der Waals surface area contributed by atoms with E-state index in [9.17, 15) is 0 Å². The molecule has 16 heterocycles. The molecule has 0 aliphatic heterocycles. The molecule has 138 heavy (non-hydrogen) atoms. The summed E-state index contributed by atoms with van der Waals surface area (Å²) in [4.78, 5) is 12.1. The molecule has 0 radical (unpaired) electrons. The van der Waals surface area contributed by atoms with Gasteiger partial charge in [-0.15, -0.1) is 90.7 Å². The van der Waals surface area contributed by atoms with Gasteiger partial charge in [0.2, 0.25) is 11.0 Å². The molecule has 16 aromatic heterocycles. The lowest BCUT2D eigenvalue weighted by Gasteiger charge is -2.08. The van der Waals surface area contributed by atoms with E-state index in [4.69, 9.17) is 0 Å². The van der Waals surface area contributed by atoms with Crippen molar-refractivity contribution in [3.05, 3.63) is 318 Å². The summed E-state index contributed by atoms with van der Waals surface area (Å²) in [5.41, 5.74) is 24.6. The smallest absolute Gasteiger partial charge is 0.236 e. The highest BCUT2D eigenvalue weighted by atomic mass is 32.1. The van der Waals surface area contributed by atoms with Crippen molar-refractivity contribution in [2.75, 3.05) is 0 Å². The van der Waals surface area contributed by atoms with Crippen molar-refractivity contribution in [3.8, 4) is 0 Å². The van der Waals surface area contributed by atoms with E-state index in [0.29, 0.717) is 0 Å². The molecule has 8 aromatic carbocycles. The average molecular weight is 1970 g/mol. The monoisotopic (exact) mass is 1970 g/mol. The number of thiophene rings is 8. The highest BCUT2D eigenvalue weighted by Crippen LogP contribution is 2.46. The minimum atomic E-state index is 1.06. The number of rotatable bonds is 8. The Morgan fingerprint density at radius 2 is 0.587 bits per heavy atom. The van der Waals surface area contributed by atoms with Crippen molar-refractivity contribution in [2.24, 2.45) is 56.4 Å². The highest BCUT2D eigenvalue weighted by Gasteiger charge is 2.26. The van der Waals surface area contributed by atoms with Crippen molar-refractivity contribution in [1.29, 1.82) is 0 Å². The van der Waals surface area contributed by atoms with Gasteiger partial charge < -0.3 is 0 Å². The summed E-state index contributed by atoms with van der Waals surface area (Å²) in [6.45, 7) is 39.6. The Balaban J connectivity index is 0.000000109. The van der Waals surface area contributed by atoms with Crippen LogP contribution in [0.2, 0.25) is 0 Å². The Morgan fingerprint density at radius 1 is 0.232 bits per heavy atom. The minimum absolute atomic E-state index is 1.06. The molecule has 0 aliphatic rings. The fraction of sp³-hybridized carbons (Fsp3) is 0.283. The first-order chi connectivity index (χ1) is 66.5. The highest BCUT2D eigenvalue weighted by molar-refractivity contribution is 7.34. The molecule has 0 spiro atoms. The van der Waals surface area contributed by atoms with Crippen LogP contribution >= 0.6 is 90.7 Å². The van der Waals surface area contributed by atoms with Gasteiger partial charge in [-0.3, -0.25) is 0 Å². The van der Waals surface area contributed by atoms with Crippen molar-refractivity contribution in [2.45, 2.75) is 176 Å². The van der Waals surface area contributed by atoms with Crippen molar-refractivity contribution >= 4 is 255 Å². The quantitative estimate of drug-likeness (QED) is 0.112. The van der Waals surface area contributed by atoms with Crippen LogP contribution in [-0.4, -0.2) is 9.97 Å². The first-order valence-electron chi connectivity index (χ1n) is 48.6. The van der Waals surface area contributed by atoms with E-state index in [1.807, 2.05) is 103 Å². The molecule has 24 rings (SSSR count). The van der Waals surface area contributed by atoms with Gasteiger partial charge in [0.05, 0.1) is 42.3 Å². The molecule has 0 aliphatic carbocycles. The summed E-state index contributed by atoms with van der Waals surface area (Å²) in [5, 5.41) is 29.0.